The molecule has 2 heterocycles. The van der Waals surface area contributed by atoms with E-state index in [4.69, 9.17) is 8.83 Å². The van der Waals surface area contributed by atoms with Crippen LogP contribution in [0.25, 0.3) is 11.0 Å². The number of hydrogen-bond acceptors (Lipinski definition) is 4. The second-order valence-electron chi connectivity index (χ2n) is 6.29. The van der Waals surface area contributed by atoms with Crippen molar-refractivity contribution in [2.45, 2.75) is 6.18 Å². The van der Waals surface area contributed by atoms with Crippen molar-refractivity contribution in [3.05, 3.63) is 84.0 Å². The van der Waals surface area contributed by atoms with Crippen molar-refractivity contribution in [1.29, 1.82) is 0 Å². The lowest BCUT2D eigenvalue weighted by molar-refractivity contribution is -0.136. The Labute approximate surface area is 167 Å². The Morgan fingerprint density at radius 1 is 0.833 bits per heavy atom. The van der Waals surface area contributed by atoms with E-state index >= 15 is 0 Å². The van der Waals surface area contributed by atoms with E-state index in [2.05, 4.69) is 10.6 Å². The SMILES string of the molecule is O=C(Nc1ccc(NC(=O)c2cc3ccccc3o2)c(C(F)(F)F)c1)c1ccco1. The van der Waals surface area contributed by atoms with Crippen LogP contribution in [0.1, 0.15) is 26.7 Å². The number of hydrogen-bond donors (Lipinski definition) is 2. The van der Waals surface area contributed by atoms with Gasteiger partial charge in [-0.1, -0.05) is 18.2 Å². The largest absolute Gasteiger partial charge is 0.459 e. The zero-order valence-electron chi connectivity index (χ0n) is 15.1. The van der Waals surface area contributed by atoms with E-state index < -0.39 is 29.2 Å². The molecule has 0 saturated heterocycles. The highest BCUT2D eigenvalue weighted by Gasteiger charge is 2.34. The first kappa shape index (κ1) is 19.3. The number of benzene rings is 2. The number of nitrogens with one attached hydrogen (secondary N) is 2. The van der Waals surface area contributed by atoms with Gasteiger partial charge >= 0.3 is 6.18 Å². The fourth-order valence-corrected chi connectivity index (χ4v) is 2.84. The molecule has 9 heteroatoms. The van der Waals surface area contributed by atoms with Gasteiger partial charge in [0.15, 0.2) is 11.5 Å². The minimum absolute atomic E-state index is 0.0502. The second-order valence-corrected chi connectivity index (χ2v) is 6.29. The summed E-state index contributed by atoms with van der Waals surface area (Å²) in [6.45, 7) is 0. The minimum Gasteiger partial charge on any atom is -0.459 e. The van der Waals surface area contributed by atoms with E-state index in [9.17, 15) is 22.8 Å². The van der Waals surface area contributed by atoms with Crippen LogP contribution in [0.5, 0.6) is 0 Å². The van der Waals surface area contributed by atoms with Gasteiger partial charge < -0.3 is 19.5 Å². The first-order chi connectivity index (χ1) is 14.3. The van der Waals surface area contributed by atoms with E-state index in [0.29, 0.717) is 11.0 Å². The van der Waals surface area contributed by atoms with E-state index in [1.54, 1.807) is 24.3 Å². The van der Waals surface area contributed by atoms with Gasteiger partial charge in [-0.3, -0.25) is 9.59 Å². The Bertz CT molecular complexity index is 1190. The molecule has 4 rings (SSSR count). The highest BCUT2D eigenvalue weighted by molar-refractivity contribution is 6.06. The highest BCUT2D eigenvalue weighted by Crippen LogP contribution is 2.37. The summed E-state index contributed by atoms with van der Waals surface area (Å²) in [7, 11) is 0. The zero-order chi connectivity index (χ0) is 21.3. The Hall–Kier alpha value is -4.01. The average molecular weight is 414 g/mol. The normalized spacial score (nSPS) is 11.4. The maximum Gasteiger partial charge on any atom is 0.418 e. The molecule has 0 aliphatic heterocycles. The third-order valence-electron chi connectivity index (χ3n) is 4.23. The third kappa shape index (κ3) is 3.90. The van der Waals surface area contributed by atoms with Gasteiger partial charge in [0.25, 0.3) is 11.8 Å². The lowest BCUT2D eigenvalue weighted by Gasteiger charge is -2.15. The van der Waals surface area contributed by atoms with E-state index in [1.807, 2.05) is 0 Å². The number of alkyl halides is 3. The Morgan fingerprint density at radius 3 is 2.30 bits per heavy atom. The van der Waals surface area contributed by atoms with Gasteiger partial charge in [0, 0.05) is 11.1 Å². The summed E-state index contributed by atoms with van der Waals surface area (Å²) in [5.41, 5.74) is -1.26. The Balaban J connectivity index is 1.60. The molecule has 0 fully saturated rings. The van der Waals surface area contributed by atoms with Crippen LogP contribution < -0.4 is 10.6 Å². The molecule has 2 N–H and O–H groups in total. The number of anilines is 2. The molecule has 0 bridgehead atoms. The predicted octanol–water partition coefficient (Wildman–Crippen LogP) is 5.55. The van der Waals surface area contributed by atoms with Gasteiger partial charge in [0.1, 0.15) is 5.58 Å². The minimum atomic E-state index is -4.78. The number of furan rings is 2. The topological polar surface area (TPSA) is 84.5 Å². The van der Waals surface area contributed by atoms with Crippen LogP contribution >= 0.6 is 0 Å². The zero-order valence-corrected chi connectivity index (χ0v) is 15.1. The molecule has 152 valence electrons. The molecule has 2 amide bonds. The number of rotatable bonds is 4. The molecule has 0 aliphatic carbocycles. The number of fused-ring (bicyclic) bond motifs is 1. The van der Waals surface area contributed by atoms with Crippen molar-refractivity contribution in [1.82, 2.24) is 0 Å². The van der Waals surface area contributed by atoms with Crippen LogP contribution in [0.15, 0.2) is 75.8 Å². The third-order valence-corrected chi connectivity index (χ3v) is 4.23. The molecule has 30 heavy (non-hydrogen) atoms. The van der Waals surface area contributed by atoms with Crippen LogP contribution in [0.4, 0.5) is 24.5 Å². The van der Waals surface area contributed by atoms with Gasteiger partial charge in [0.05, 0.1) is 17.5 Å². The number of amides is 2. The number of carbonyl (C=O) groups is 2. The number of carbonyl (C=O) groups excluding carboxylic acids is 2. The number of para-hydroxylation sites is 1. The van der Waals surface area contributed by atoms with Crippen LogP contribution in [-0.4, -0.2) is 11.8 Å². The van der Waals surface area contributed by atoms with Crippen LogP contribution in [0.2, 0.25) is 0 Å². The van der Waals surface area contributed by atoms with Crippen LogP contribution in [-0.2, 0) is 6.18 Å². The molecule has 0 saturated carbocycles. The first-order valence-corrected chi connectivity index (χ1v) is 8.67. The summed E-state index contributed by atoms with van der Waals surface area (Å²) >= 11 is 0. The number of halogens is 3. The molecule has 0 aliphatic rings. The van der Waals surface area contributed by atoms with Gasteiger partial charge in [0.2, 0.25) is 0 Å². The Morgan fingerprint density at radius 2 is 1.60 bits per heavy atom. The summed E-state index contributed by atoms with van der Waals surface area (Å²) in [6.07, 6.45) is -3.51. The van der Waals surface area contributed by atoms with E-state index in [-0.39, 0.29) is 17.2 Å². The predicted molar refractivity (Wildman–Crippen MR) is 102 cm³/mol. The maximum atomic E-state index is 13.6. The van der Waals surface area contributed by atoms with Crippen LogP contribution in [0.3, 0.4) is 0 Å². The van der Waals surface area contributed by atoms with Crippen molar-refractivity contribution in [3.63, 3.8) is 0 Å². The van der Waals surface area contributed by atoms with Crippen molar-refractivity contribution in [2.75, 3.05) is 10.6 Å². The van der Waals surface area contributed by atoms with Crippen molar-refractivity contribution < 1.29 is 31.6 Å². The first-order valence-electron chi connectivity index (χ1n) is 8.67. The fraction of sp³-hybridized carbons (Fsp3) is 0.0476. The van der Waals surface area contributed by atoms with Gasteiger partial charge in [-0.25, -0.2) is 0 Å². The van der Waals surface area contributed by atoms with Gasteiger partial charge in [-0.05, 0) is 42.5 Å². The summed E-state index contributed by atoms with van der Waals surface area (Å²) < 4.78 is 51.0. The summed E-state index contributed by atoms with van der Waals surface area (Å²) in [5, 5.41) is 5.19. The molecular weight excluding hydrogens is 401 g/mol. The molecule has 4 aromatic rings. The van der Waals surface area contributed by atoms with Gasteiger partial charge in [-0.15, -0.1) is 0 Å². The van der Waals surface area contributed by atoms with Crippen molar-refractivity contribution >= 4 is 34.2 Å². The lowest BCUT2D eigenvalue weighted by atomic mass is 10.1. The lowest BCUT2D eigenvalue weighted by Crippen LogP contribution is -2.17. The standard InChI is InChI=1S/C21H13F3N2O4/c22-21(23,24)14-11-13(25-19(27)17-6-3-9-29-17)7-8-15(14)26-20(28)18-10-12-4-1-2-5-16(12)30-18/h1-11H,(H,25,27)(H,26,28). The quantitative estimate of drug-likeness (QED) is 0.459. The monoisotopic (exact) mass is 414 g/mol. The molecular formula is C21H13F3N2O4. The maximum absolute atomic E-state index is 13.6. The van der Waals surface area contributed by atoms with Crippen molar-refractivity contribution in [2.24, 2.45) is 0 Å². The van der Waals surface area contributed by atoms with Crippen molar-refractivity contribution in [3.8, 4) is 0 Å². The molecule has 0 radical (unpaired) electrons. The molecule has 2 aromatic carbocycles. The molecule has 0 unspecified atom stereocenters. The second kappa shape index (κ2) is 7.43. The molecule has 6 nitrogen and oxygen atoms in total. The fourth-order valence-electron chi connectivity index (χ4n) is 2.84. The van der Waals surface area contributed by atoms with Crippen LogP contribution in [0, 0.1) is 0 Å². The molecule has 0 spiro atoms. The molecule has 2 aromatic heterocycles. The molecule has 0 atom stereocenters. The van der Waals surface area contributed by atoms with Gasteiger partial charge in [-0.2, -0.15) is 13.2 Å². The van der Waals surface area contributed by atoms with E-state index in [0.717, 1.165) is 12.1 Å². The highest BCUT2D eigenvalue weighted by atomic mass is 19.4. The summed E-state index contributed by atoms with van der Waals surface area (Å²) in [6, 6.07) is 14.1. The summed E-state index contributed by atoms with van der Waals surface area (Å²) in [5.74, 6) is -1.71. The smallest absolute Gasteiger partial charge is 0.418 e. The van der Waals surface area contributed by atoms with E-state index in [1.165, 1.54) is 30.5 Å². The average Bonchev–Trinajstić information content (AvgIpc) is 3.38. The summed E-state index contributed by atoms with van der Waals surface area (Å²) in [4.78, 5) is 24.4. The Kier molecular flexibility index (Phi) is 4.78.